The van der Waals surface area contributed by atoms with Gasteiger partial charge >= 0.3 is 0 Å². The van der Waals surface area contributed by atoms with Crippen LogP contribution in [-0.2, 0) is 6.42 Å². The molecule has 3 nitrogen and oxygen atoms in total. The van der Waals surface area contributed by atoms with Crippen LogP contribution in [0.4, 0.5) is 8.78 Å². The molecule has 0 atom stereocenters. The molecule has 0 aliphatic heterocycles. The van der Waals surface area contributed by atoms with Crippen LogP contribution in [-0.4, -0.2) is 23.4 Å². The van der Waals surface area contributed by atoms with Crippen molar-refractivity contribution in [3.63, 3.8) is 0 Å². The molecule has 1 N–H and O–H groups in total. The van der Waals surface area contributed by atoms with Gasteiger partial charge in [0.25, 0.3) is 0 Å². The summed E-state index contributed by atoms with van der Waals surface area (Å²) in [7, 11) is 0. The molecule has 1 heterocycles. The van der Waals surface area contributed by atoms with Crippen molar-refractivity contribution in [3.05, 3.63) is 88.7 Å². The first kappa shape index (κ1) is 19.0. The summed E-state index contributed by atoms with van der Waals surface area (Å²) < 4.78 is 28.7. The first-order valence-corrected chi connectivity index (χ1v) is 8.89. The van der Waals surface area contributed by atoms with Crippen LogP contribution < -0.4 is 5.32 Å². The minimum absolute atomic E-state index is 0.0232. The van der Waals surface area contributed by atoms with Gasteiger partial charge in [-0.25, -0.2) is 8.78 Å². The second kappa shape index (κ2) is 8.27. The quantitative estimate of drug-likeness (QED) is 0.496. The minimum Gasteiger partial charge on any atom is -0.318 e. The Morgan fingerprint density at radius 2 is 1.74 bits per heavy atom. The molecule has 140 valence electrons. The number of nitrogens with zero attached hydrogens (tertiary/aromatic N) is 1. The van der Waals surface area contributed by atoms with Crippen molar-refractivity contribution < 1.29 is 13.6 Å². The van der Waals surface area contributed by atoms with Gasteiger partial charge in [0, 0.05) is 22.6 Å². The van der Waals surface area contributed by atoms with Gasteiger partial charge in [-0.1, -0.05) is 18.2 Å². The average Bonchev–Trinajstić information content (AvgIpc) is 2.95. The van der Waals surface area contributed by atoms with Gasteiger partial charge in [-0.3, -0.25) is 4.79 Å². The lowest BCUT2D eigenvalue weighted by atomic mass is 10.1. The lowest BCUT2D eigenvalue weighted by Gasteiger charge is -2.10. The summed E-state index contributed by atoms with van der Waals surface area (Å²) in [5.41, 5.74) is 3.81. The Hall–Kier alpha value is -2.79. The van der Waals surface area contributed by atoms with E-state index in [0.717, 1.165) is 17.1 Å². The molecule has 0 spiro atoms. The Kier molecular flexibility index (Phi) is 5.81. The molecule has 0 saturated carbocycles. The maximum Gasteiger partial charge on any atom is 0.178 e. The topological polar surface area (TPSA) is 34.0 Å². The molecule has 0 amide bonds. The molecule has 3 rings (SSSR count). The maximum atomic E-state index is 13.6. The van der Waals surface area contributed by atoms with Gasteiger partial charge < -0.3 is 9.88 Å². The molecule has 0 unspecified atom stereocenters. The van der Waals surface area contributed by atoms with Crippen molar-refractivity contribution in [3.8, 4) is 5.69 Å². The highest BCUT2D eigenvalue weighted by Crippen LogP contribution is 2.21. The van der Waals surface area contributed by atoms with E-state index in [0.29, 0.717) is 24.1 Å². The fourth-order valence-electron chi connectivity index (χ4n) is 3.25. The molecular formula is C22H22F2N2O. The molecule has 2 aromatic carbocycles. The van der Waals surface area contributed by atoms with Crippen molar-refractivity contribution in [2.24, 2.45) is 0 Å². The molecule has 0 fully saturated rings. The Morgan fingerprint density at radius 1 is 1.04 bits per heavy atom. The van der Waals surface area contributed by atoms with E-state index >= 15 is 0 Å². The number of ketones is 1. The Morgan fingerprint density at radius 3 is 2.44 bits per heavy atom. The smallest absolute Gasteiger partial charge is 0.178 e. The fourth-order valence-corrected chi connectivity index (χ4v) is 3.25. The van der Waals surface area contributed by atoms with Gasteiger partial charge in [-0.05, 0) is 68.8 Å². The molecule has 3 aromatic rings. The van der Waals surface area contributed by atoms with Crippen molar-refractivity contribution >= 4 is 5.78 Å². The zero-order chi connectivity index (χ0) is 19.4. The number of Topliss-reactive ketones (excluding diaryl/α,β-unsaturated/α-hetero) is 1. The molecule has 0 saturated heterocycles. The first-order valence-electron chi connectivity index (χ1n) is 8.89. The van der Waals surface area contributed by atoms with E-state index in [1.54, 1.807) is 30.3 Å². The monoisotopic (exact) mass is 368 g/mol. The molecule has 5 heteroatoms. The highest BCUT2D eigenvalue weighted by Gasteiger charge is 2.16. The van der Waals surface area contributed by atoms with Crippen LogP contribution in [0.1, 0.15) is 27.3 Å². The summed E-state index contributed by atoms with van der Waals surface area (Å²) in [6, 6.07) is 14.7. The van der Waals surface area contributed by atoms with Crippen molar-refractivity contribution in [1.29, 1.82) is 0 Å². The lowest BCUT2D eigenvalue weighted by Crippen LogP contribution is -2.25. The second-order valence-electron chi connectivity index (χ2n) is 6.54. The molecule has 0 radical (unpaired) electrons. The van der Waals surface area contributed by atoms with E-state index in [4.69, 9.17) is 0 Å². The van der Waals surface area contributed by atoms with E-state index in [1.807, 2.05) is 24.5 Å². The molecule has 1 aromatic heterocycles. The Bertz CT molecular complexity index is 945. The molecular weight excluding hydrogens is 346 g/mol. The third-order valence-corrected chi connectivity index (χ3v) is 4.63. The molecule has 27 heavy (non-hydrogen) atoms. The van der Waals surface area contributed by atoms with Crippen LogP contribution in [0.3, 0.4) is 0 Å². The lowest BCUT2D eigenvalue weighted by molar-refractivity contribution is 0.0991. The predicted molar refractivity (Wildman–Crippen MR) is 103 cm³/mol. The summed E-state index contributed by atoms with van der Waals surface area (Å²) in [6.45, 7) is 4.49. The SMILES string of the molecule is Cc1cc(C(=O)CNCCc2ccccc2F)c(C)n1-c1ccc(F)cc1. The summed E-state index contributed by atoms with van der Waals surface area (Å²) in [4.78, 5) is 12.6. The van der Waals surface area contributed by atoms with Crippen LogP contribution >= 0.6 is 0 Å². The third-order valence-electron chi connectivity index (χ3n) is 4.63. The van der Waals surface area contributed by atoms with E-state index in [-0.39, 0.29) is 24.0 Å². The van der Waals surface area contributed by atoms with Crippen LogP contribution in [0, 0.1) is 25.5 Å². The molecule has 0 aliphatic rings. The largest absolute Gasteiger partial charge is 0.318 e. The Balaban J connectivity index is 1.64. The van der Waals surface area contributed by atoms with Gasteiger partial charge in [0.05, 0.1) is 6.54 Å². The van der Waals surface area contributed by atoms with Crippen LogP contribution in [0.25, 0.3) is 5.69 Å². The summed E-state index contributed by atoms with van der Waals surface area (Å²) >= 11 is 0. The Labute approximate surface area is 157 Å². The standard InChI is InChI=1S/C22H22F2N2O/c1-15-13-20(16(2)26(15)19-9-7-18(23)8-10-19)22(27)14-25-12-11-17-5-3-4-6-21(17)24/h3-10,13,25H,11-12,14H2,1-2H3. The number of hydrogen-bond acceptors (Lipinski definition) is 2. The van der Waals surface area contributed by atoms with Crippen LogP contribution in [0.2, 0.25) is 0 Å². The van der Waals surface area contributed by atoms with Crippen LogP contribution in [0.15, 0.2) is 54.6 Å². The molecule has 0 aliphatic carbocycles. The van der Waals surface area contributed by atoms with Crippen molar-refractivity contribution in [1.82, 2.24) is 9.88 Å². The number of benzene rings is 2. The minimum atomic E-state index is -0.295. The second-order valence-corrected chi connectivity index (χ2v) is 6.54. The van der Waals surface area contributed by atoms with Gasteiger partial charge in [-0.15, -0.1) is 0 Å². The zero-order valence-corrected chi connectivity index (χ0v) is 15.4. The normalized spacial score (nSPS) is 11.0. The number of carbonyl (C=O) groups excluding carboxylic acids is 1. The van der Waals surface area contributed by atoms with Crippen LogP contribution in [0.5, 0.6) is 0 Å². The summed E-state index contributed by atoms with van der Waals surface area (Å²) in [5, 5.41) is 3.09. The summed E-state index contributed by atoms with van der Waals surface area (Å²) in [5.74, 6) is -0.546. The molecule has 0 bridgehead atoms. The number of rotatable bonds is 7. The fraction of sp³-hybridized carbons (Fsp3) is 0.227. The van der Waals surface area contributed by atoms with Gasteiger partial charge in [0.1, 0.15) is 11.6 Å². The number of nitrogens with one attached hydrogen (secondary N) is 1. The van der Waals surface area contributed by atoms with Gasteiger partial charge in [0.2, 0.25) is 0 Å². The highest BCUT2D eigenvalue weighted by molar-refractivity contribution is 5.99. The van der Waals surface area contributed by atoms with E-state index < -0.39 is 0 Å². The summed E-state index contributed by atoms with van der Waals surface area (Å²) in [6.07, 6.45) is 0.522. The third kappa shape index (κ3) is 4.31. The van der Waals surface area contributed by atoms with Gasteiger partial charge in [-0.2, -0.15) is 0 Å². The highest BCUT2D eigenvalue weighted by atomic mass is 19.1. The number of hydrogen-bond donors (Lipinski definition) is 1. The predicted octanol–water partition coefficient (Wildman–Crippen LogP) is 4.39. The van der Waals surface area contributed by atoms with E-state index in [1.165, 1.54) is 18.2 Å². The first-order chi connectivity index (χ1) is 13.0. The number of aromatic nitrogens is 1. The number of carbonyl (C=O) groups is 1. The zero-order valence-electron chi connectivity index (χ0n) is 15.4. The number of halogens is 2. The van der Waals surface area contributed by atoms with Crippen molar-refractivity contribution in [2.45, 2.75) is 20.3 Å². The van der Waals surface area contributed by atoms with Crippen molar-refractivity contribution in [2.75, 3.05) is 13.1 Å². The van der Waals surface area contributed by atoms with Gasteiger partial charge in [0.15, 0.2) is 5.78 Å². The van der Waals surface area contributed by atoms with E-state index in [9.17, 15) is 13.6 Å². The average molecular weight is 368 g/mol. The number of aryl methyl sites for hydroxylation is 1. The van der Waals surface area contributed by atoms with E-state index in [2.05, 4.69) is 5.32 Å². The maximum absolute atomic E-state index is 13.6.